The Hall–Kier alpha value is -3.69. The summed E-state index contributed by atoms with van der Waals surface area (Å²) >= 11 is 8.57. The van der Waals surface area contributed by atoms with E-state index in [1.165, 1.54) is 18.1 Å². The van der Waals surface area contributed by atoms with Crippen LogP contribution in [0.3, 0.4) is 0 Å². The number of thiocarbonyl (C=S) groups is 1. The number of carbonyl (C=O) groups excluding carboxylic acids is 2. The Labute approximate surface area is 203 Å². The zero-order valence-corrected chi connectivity index (χ0v) is 19.6. The van der Waals surface area contributed by atoms with Crippen molar-refractivity contribution in [2.45, 2.75) is 0 Å². The van der Waals surface area contributed by atoms with Crippen LogP contribution in [0.1, 0.15) is 5.56 Å². The predicted molar refractivity (Wildman–Crippen MR) is 132 cm³/mol. The molecular formula is C24H17BrN2O5S. The molecule has 0 bridgehead atoms. The summed E-state index contributed by atoms with van der Waals surface area (Å²) in [5.41, 5.74) is 0.481. The molecule has 0 spiro atoms. The van der Waals surface area contributed by atoms with Crippen molar-refractivity contribution in [3.05, 3.63) is 82.3 Å². The van der Waals surface area contributed by atoms with Crippen molar-refractivity contribution < 1.29 is 24.2 Å². The largest absolute Gasteiger partial charge is 0.504 e. The molecule has 2 amide bonds. The molecule has 1 aliphatic heterocycles. The number of carbonyl (C=O) groups is 2. The third-order valence-corrected chi connectivity index (χ3v) is 5.79. The lowest BCUT2D eigenvalue weighted by molar-refractivity contribution is -0.122. The molecule has 166 valence electrons. The van der Waals surface area contributed by atoms with Crippen molar-refractivity contribution in [2.24, 2.45) is 0 Å². The number of anilines is 1. The SMILES string of the molecule is COc1ccc(Br)c(/C=C2\C(=O)NC(=S)N(c3ccc(Oc4ccccc4)cc3)C2=O)c1O. The van der Waals surface area contributed by atoms with Crippen molar-refractivity contribution in [3.63, 3.8) is 0 Å². The molecule has 0 unspecified atom stereocenters. The summed E-state index contributed by atoms with van der Waals surface area (Å²) in [5, 5.41) is 12.9. The van der Waals surface area contributed by atoms with Crippen LogP contribution in [0.15, 0.2) is 76.8 Å². The molecule has 0 aliphatic carbocycles. The summed E-state index contributed by atoms with van der Waals surface area (Å²) in [6.45, 7) is 0. The lowest BCUT2D eigenvalue weighted by Crippen LogP contribution is -2.54. The number of nitrogens with zero attached hydrogens (tertiary/aromatic N) is 1. The van der Waals surface area contributed by atoms with Gasteiger partial charge in [0, 0.05) is 10.0 Å². The van der Waals surface area contributed by atoms with Crippen molar-refractivity contribution in [2.75, 3.05) is 12.0 Å². The average molecular weight is 525 g/mol. The van der Waals surface area contributed by atoms with Crippen LogP contribution in [0.5, 0.6) is 23.0 Å². The molecule has 0 radical (unpaired) electrons. The van der Waals surface area contributed by atoms with Crippen LogP contribution >= 0.6 is 28.1 Å². The molecule has 1 heterocycles. The highest BCUT2D eigenvalue weighted by atomic mass is 79.9. The molecule has 4 rings (SSSR count). The molecule has 1 fully saturated rings. The second-order valence-corrected chi connectivity index (χ2v) is 8.12. The molecule has 2 N–H and O–H groups in total. The van der Waals surface area contributed by atoms with Gasteiger partial charge < -0.3 is 14.6 Å². The summed E-state index contributed by atoms with van der Waals surface area (Å²) in [6, 6.07) is 19.2. The van der Waals surface area contributed by atoms with Crippen molar-refractivity contribution in [1.29, 1.82) is 0 Å². The second kappa shape index (κ2) is 9.43. The van der Waals surface area contributed by atoms with Gasteiger partial charge in [-0.3, -0.25) is 19.8 Å². The standard InChI is InChI=1S/C24H17BrN2O5S/c1-31-20-12-11-19(25)17(21(20)28)13-18-22(29)26-24(33)27(23(18)30)14-7-9-16(10-8-14)32-15-5-3-2-4-6-15/h2-13,28H,1H3,(H,26,29,33)/b18-13+. The smallest absolute Gasteiger partial charge is 0.270 e. The fraction of sp³-hybridized carbons (Fsp3) is 0.0417. The summed E-state index contributed by atoms with van der Waals surface area (Å²) in [7, 11) is 1.41. The molecule has 33 heavy (non-hydrogen) atoms. The van der Waals surface area contributed by atoms with E-state index < -0.39 is 11.8 Å². The van der Waals surface area contributed by atoms with E-state index in [1.807, 2.05) is 30.3 Å². The number of amides is 2. The second-order valence-electron chi connectivity index (χ2n) is 6.88. The average Bonchev–Trinajstić information content (AvgIpc) is 2.80. The van der Waals surface area contributed by atoms with E-state index in [2.05, 4.69) is 21.2 Å². The Morgan fingerprint density at radius 3 is 2.33 bits per heavy atom. The van der Waals surface area contributed by atoms with Gasteiger partial charge in [0.25, 0.3) is 11.8 Å². The van der Waals surface area contributed by atoms with Crippen LogP contribution in [0.2, 0.25) is 0 Å². The molecule has 9 heteroatoms. The number of para-hydroxylation sites is 1. The lowest BCUT2D eigenvalue weighted by Gasteiger charge is -2.29. The monoisotopic (exact) mass is 524 g/mol. The van der Waals surface area contributed by atoms with E-state index in [-0.39, 0.29) is 27.7 Å². The van der Waals surface area contributed by atoms with Gasteiger partial charge in [-0.15, -0.1) is 0 Å². The van der Waals surface area contributed by atoms with E-state index in [9.17, 15) is 14.7 Å². The van der Waals surface area contributed by atoms with Crippen LogP contribution in [0.25, 0.3) is 6.08 Å². The molecule has 0 atom stereocenters. The fourth-order valence-electron chi connectivity index (χ4n) is 3.19. The highest BCUT2D eigenvalue weighted by molar-refractivity contribution is 9.10. The van der Waals surface area contributed by atoms with Gasteiger partial charge in [0.1, 0.15) is 17.1 Å². The maximum Gasteiger partial charge on any atom is 0.270 e. The van der Waals surface area contributed by atoms with E-state index in [4.69, 9.17) is 21.7 Å². The maximum absolute atomic E-state index is 13.3. The number of phenols is 1. The van der Waals surface area contributed by atoms with E-state index >= 15 is 0 Å². The lowest BCUT2D eigenvalue weighted by atomic mass is 10.1. The van der Waals surface area contributed by atoms with E-state index in [1.54, 1.807) is 36.4 Å². The number of phenolic OH excluding ortho intramolecular Hbond substituents is 1. The van der Waals surface area contributed by atoms with Crippen LogP contribution in [0.4, 0.5) is 5.69 Å². The van der Waals surface area contributed by atoms with Crippen molar-refractivity contribution in [3.8, 4) is 23.0 Å². The number of ether oxygens (including phenoxy) is 2. The predicted octanol–water partition coefficient (Wildman–Crippen LogP) is 4.79. The Bertz CT molecular complexity index is 1280. The van der Waals surface area contributed by atoms with Crippen molar-refractivity contribution >= 4 is 56.8 Å². The number of benzene rings is 3. The number of nitrogens with one attached hydrogen (secondary N) is 1. The topological polar surface area (TPSA) is 88.1 Å². The summed E-state index contributed by atoms with van der Waals surface area (Å²) in [6.07, 6.45) is 1.29. The number of rotatable bonds is 5. The zero-order chi connectivity index (χ0) is 23.5. The van der Waals surface area contributed by atoms with Crippen LogP contribution in [0, 0.1) is 0 Å². The van der Waals surface area contributed by atoms with Crippen LogP contribution < -0.4 is 19.7 Å². The maximum atomic E-state index is 13.3. The van der Waals surface area contributed by atoms with E-state index in [0.29, 0.717) is 21.7 Å². The molecule has 7 nitrogen and oxygen atoms in total. The molecule has 0 aromatic heterocycles. The molecule has 3 aromatic rings. The molecular weight excluding hydrogens is 508 g/mol. The highest BCUT2D eigenvalue weighted by Gasteiger charge is 2.35. The van der Waals surface area contributed by atoms with Gasteiger partial charge in [-0.05, 0) is 66.8 Å². The quantitative estimate of drug-likeness (QED) is 0.283. The van der Waals surface area contributed by atoms with E-state index in [0.717, 1.165) is 0 Å². The minimum Gasteiger partial charge on any atom is -0.504 e. The summed E-state index contributed by atoms with van der Waals surface area (Å²) in [5.74, 6) is -0.0486. The van der Waals surface area contributed by atoms with Gasteiger partial charge in [-0.25, -0.2) is 0 Å². The zero-order valence-electron chi connectivity index (χ0n) is 17.2. The minimum atomic E-state index is -0.667. The third kappa shape index (κ3) is 4.59. The molecule has 1 aliphatic rings. The first kappa shape index (κ1) is 22.5. The van der Waals surface area contributed by atoms with Gasteiger partial charge in [0.2, 0.25) is 0 Å². The minimum absolute atomic E-state index is 0.0483. The Kier molecular flexibility index (Phi) is 6.43. The number of hydrogen-bond donors (Lipinski definition) is 2. The number of halogens is 1. The highest BCUT2D eigenvalue weighted by Crippen LogP contribution is 2.37. The van der Waals surface area contributed by atoms with Crippen molar-refractivity contribution in [1.82, 2.24) is 5.32 Å². The number of methoxy groups -OCH3 is 1. The summed E-state index contributed by atoms with van der Waals surface area (Å²) < 4.78 is 11.4. The first-order chi connectivity index (χ1) is 15.9. The third-order valence-electron chi connectivity index (χ3n) is 4.81. The molecule has 1 saturated heterocycles. The Morgan fingerprint density at radius 2 is 1.67 bits per heavy atom. The van der Waals surface area contributed by atoms with Gasteiger partial charge in [-0.1, -0.05) is 34.1 Å². The first-order valence-corrected chi connectivity index (χ1v) is 10.9. The van der Waals surface area contributed by atoms with Gasteiger partial charge in [0.15, 0.2) is 16.6 Å². The Morgan fingerprint density at radius 1 is 1.00 bits per heavy atom. The molecule has 0 saturated carbocycles. The van der Waals surface area contributed by atoms with Gasteiger partial charge in [-0.2, -0.15) is 0 Å². The normalized spacial score (nSPS) is 14.9. The number of aromatic hydroxyl groups is 1. The number of hydrogen-bond acceptors (Lipinski definition) is 6. The fourth-order valence-corrected chi connectivity index (χ4v) is 3.91. The van der Waals surface area contributed by atoms with Gasteiger partial charge >= 0.3 is 0 Å². The summed E-state index contributed by atoms with van der Waals surface area (Å²) in [4.78, 5) is 27.0. The van der Waals surface area contributed by atoms with Crippen LogP contribution in [-0.2, 0) is 9.59 Å². The first-order valence-electron chi connectivity index (χ1n) is 9.69. The molecule has 3 aromatic carbocycles. The Balaban J connectivity index is 1.65. The van der Waals surface area contributed by atoms with Gasteiger partial charge in [0.05, 0.1) is 12.8 Å². The van der Waals surface area contributed by atoms with Crippen LogP contribution in [-0.4, -0.2) is 29.1 Å².